The summed E-state index contributed by atoms with van der Waals surface area (Å²) in [6.45, 7) is 3.79. The first-order valence-corrected chi connectivity index (χ1v) is 6.32. The zero-order valence-corrected chi connectivity index (χ0v) is 12.1. The molecule has 0 saturated heterocycles. The third-order valence-electron chi connectivity index (χ3n) is 2.68. The quantitative estimate of drug-likeness (QED) is 0.717. The normalized spacial score (nSPS) is 11.9. The maximum atomic E-state index is 8.98. The van der Waals surface area contributed by atoms with Crippen molar-refractivity contribution in [2.24, 2.45) is 0 Å². The Labute approximate surface area is 118 Å². The van der Waals surface area contributed by atoms with Gasteiger partial charge in [-0.15, -0.1) is 0 Å². The van der Waals surface area contributed by atoms with Gasteiger partial charge in [-0.05, 0) is 19.1 Å². The molecule has 0 fully saturated rings. The number of hydrogen-bond donors (Lipinski definition) is 0. The summed E-state index contributed by atoms with van der Waals surface area (Å²) in [6, 6.07) is 5.44. The fourth-order valence-corrected chi connectivity index (χ4v) is 1.98. The molecular formula is C13H18ClN3O2. The van der Waals surface area contributed by atoms with Gasteiger partial charge in [0.1, 0.15) is 11.0 Å². The lowest BCUT2D eigenvalue weighted by Crippen LogP contribution is -2.39. The number of methoxy groups -OCH3 is 2. The molecule has 0 spiro atoms. The molecule has 0 aliphatic heterocycles. The summed E-state index contributed by atoms with van der Waals surface area (Å²) in [5, 5.41) is 9.29. The Bertz CT molecular complexity index is 448. The lowest BCUT2D eigenvalue weighted by Gasteiger charge is -2.29. The smallest absolute Gasteiger partial charge is 0.132 e. The van der Waals surface area contributed by atoms with Crippen molar-refractivity contribution in [3.8, 4) is 6.07 Å². The van der Waals surface area contributed by atoms with Crippen molar-refractivity contribution in [2.75, 3.05) is 38.9 Å². The van der Waals surface area contributed by atoms with E-state index in [2.05, 4.69) is 11.1 Å². The molecule has 1 aromatic rings. The van der Waals surface area contributed by atoms with E-state index in [1.807, 2.05) is 11.8 Å². The number of pyridine rings is 1. The van der Waals surface area contributed by atoms with Gasteiger partial charge in [0.2, 0.25) is 0 Å². The molecule has 19 heavy (non-hydrogen) atoms. The van der Waals surface area contributed by atoms with Gasteiger partial charge < -0.3 is 14.4 Å². The molecule has 0 aliphatic carbocycles. The summed E-state index contributed by atoms with van der Waals surface area (Å²) < 4.78 is 10.3. The lowest BCUT2D eigenvalue weighted by atomic mass is 10.2. The second-order valence-corrected chi connectivity index (χ2v) is 4.53. The van der Waals surface area contributed by atoms with Gasteiger partial charge in [0.05, 0.1) is 30.9 Å². The first kappa shape index (κ1) is 15.7. The van der Waals surface area contributed by atoms with E-state index >= 15 is 0 Å². The Kier molecular flexibility index (Phi) is 6.57. The van der Waals surface area contributed by atoms with E-state index in [0.29, 0.717) is 36.3 Å². The van der Waals surface area contributed by atoms with Gasteiger partial charge in [-0.2, -0.15) is 5.26 Å². The van der Waals surface area contributed by atoms with E-state index in [0.717, 1.165) is 0 Å². The Morgan fingerprint density at radius 2 is 2.16 bits per heavy atom. The molecule has 5 nitrogen and oxygen atoms in total. The highest BCUT2D eigenvalue weighted by molar-refractivity contribution is 6.29. The number of rotatable bonds is 7. The van der Waals surface area contributed by atoms with Gasteiger partial charge >= 0.3 is 0 Å². The number of hydrogen-bond acceptors (Lipinski definition) is 5. The van der Waals surface area contributed by atoms with Gasteiger partial charge in [0, 0.05) is 20.8 Å². The first-order valence-electron chi connectivity index (χ1n) is 5.94. The van der Waals surface area contributed by atoms with E-state index in [9.17, 15) is 0 Å². The second-order valence-electron chi connectivity index (χ2n) is 4.14. The first-order chi connectivity index (χ1) is 9.12. The summed E-state index contributed by atoms with van der Waals surface area (Å²) >= 11 is 5.94. The largest absolute Gasteiger partial charge is 0.383 e. The van der Waals surface area contributed by atoms with Crippen molar-refractivity contribution in [1.82, 2.24) is 4.98 Å². The van der Waals surface area contributed by atoms with Crippen molar-refractivity contribution < 1.29 is 9.47 Å². The zero-order chi connectivity index (χ0) is 14.3. The average molecular weight is 284 g/mol. The van der Waals surface area contributed by atoms with Crippen molar-refractivity contribution in [2.45, 2.75) is 13.0 Å². The van der Waals surface area contributed by atoms with E-state index in [-0.39, 0.29) is 6.04 Å². The minimum absolute atomic E-state index is 0.109. The molecule has 0 bridgehead atoms. The van der Waals surface area contributed by atoms with Crippen LogP contribution in [0.15, 0.2) is 12.1 Å². The molecular weight excluding hydrogens is 266 g/mol. The summed E-state index contributed by atoms with van der Waals surface area (Å²) in [7, 11) is 3.29. The van der Waals surface area contributed by atoms with Crippen LogP contribution < -0.4 is 4.90 Å². The predicted molar refractivity (Wildman–Crippen MR) is 74.5 cm³/mol. The van der Waals surface area contributed by atoms with Crippen LogP contribution in [0.5, 0.6) is 0 Å². The molecule has 1 atom stereocenters. The van der Waals surface area contributed by atoms with E-state index in [1.54, 1.807) is 26.4 Å². The van der Waals surface area contributed by atoms with Gasteiger partial charge in [-0.3, -0.25) is 0 Å². The third kappa shape index (κ3) is 4.67. The standard InChI is InChI=1S/C13H18ClN3O2/c1-10(9-19-3)17(4-5-18-2)13-7-11(8-15)6-12(14)16-13/h6-7,10H,4-5,9H2,1-3H3. The van der Waals surface area contributed by atoms with Gasteiger partial charge in [0.15, 0.2) is 0 Å². The molecule has 0 N–H and O–H groups in total. The van der Waals surface area contributed by atoms with Gasteiger partial charge in [-0.1, -0.05) is 11.6 Å². The molecule has 1 unspecified atom stereocenters. The van der Waals surface area contributed by atoms with Crippen LogP contribution in [-0.2, 0) is 9.47 Å². The van der Waals surface area contributed by atoms with Crippen LogP contribution in [0.3, 0.4) is 0 Å². The van der Waals surface area contributed by atoms with Crippen LogP contribution in [0.1, 0.15) is 12.5 Å². The maximum absolute atomic E-state index is 8.98. The van der Waals surface area contributed by atoms with Crippen LogP contribution in [-0.4, -0.2) is 45.0 Å². The monoisotopic (exact) mass is 283 g/mol. The van der Waals surface area contributed by atoms with Crippen LogP contribution in [0.2, 0.25) is 5.15 Å². The summed E-state index contributed by atoms with van der Waals surface area (Å²) in [5.41, 5.74) is 0.488. The highest BCUT2D eigenvalue weighted by atomic mass is 35.5. The Hall–Kier alpha value is -1.35. The summed E-state index contributed by atoms with van der Waals surface area (Å²) in [5.74, 6) is 0.658. The molecule has 1 rings (SSSR count). The number of aromatic nitrogens is 1. The van der Waals surface area contributed by atoms with Crippen molar-refractivity contribution in [1.29, 1.82) is 5.26 Å². The topological polar surface area (TPSA) is 58.4 Å². The van der Waals surface area contributed by atoms with Gasteiger partial charge in [-0.25, -0.2) is 4.98 Å². The van der Waals surface area contributed by atoms with E-state index in [4.69, 9.17) is 26.3 Å². The number of nitriles is 1. The second kappa shape index (κ2) is 7.95. The van der Waals surface area contributed by atoms with Crippen molar-refractivity contribution in [3.05, 3.63) is 22.8 Å². The summed E-state index contributed by atoms with van der Waals surface area (Å²) in [4.78, 5) is 6.28. The molecule has 0 amide bonds. The lowest BCUT2D eigenvalue weighted by molar-refractivity contribution is 0.170. The SMILES string of the molecule is COCCN(c1cc(C#N)cc(Cl)n1)C(C)COC. The molecule has 0 aliphatic rings. The van der Waals surface area contributed by atoms with Crippen molar-refractivity contribution >= 4 is 17.4 Å². The highest BCUT2D eigenvalue weighted by Crippen LogP contribution is 2.20. The minimum atomic E-state index is 0.109. The number of anilines is 1. The Balaban J connectivity index is 3.02. The van der Waals surface area contributed by atoms with Crippen LogP contribution in [0, 0.1) is 11.3 Å². The minimum Gasteiger partial charge on any atom is -0.383 e. The fourth-order valence-electron chi connectivity index (χ4n) is 1.78. The number of halogens is 1. The molecule has 1 heterocycles. The molecule has 0 aromatic carbocycles. The fraction of sp³-hybridized carbons (Fsp3) is 0.538. The Morgan fingerprint density at radius 3 is 2.74 bits per heavy atom. The van der Waals surface area contributed by atoms with Crippen LogP contribution in [0.4, 0.5) is 5.82 Å². The zero-order valence-electron chi connectivity index (χ0n) is 11.4. The maximum Gasteiger partial charge on any atom is 0.132 e. The van der Waals surface area contributed by atoms with E-state index < -0.39 is 0 Å². The van der Waals surface area contributed by atoms with Gasteiger partial charge in [0.25, 0.3) is 0 Å². The molecule has 0 saturated carbocycles. The third-order valence-corrected chi connectivity index (χ3v) is 2.87. The summed E-state index contributed by atoms with van der Waals surface area (Å²) in [6.07, 6.45) is 0. The molecule has 6 heteroatoms. The Morgan fingerprint density at radius 1 is 1.42 bits per heavy atom. The number of nitrogens with zero attached hydrogens (tertiary/aromatic N) is 3. The predicted octanol–water partition coefficient (Wildman–Crippen LogP) is 2.09. The molecule has 0 radical (unpaired) electrons. The van der Waals surface area contributed by atoms with Crippen LogP contribution >= 0.6 is 11.6 Å². The molecule has 1 aromatic heterocycles. The number of ether oxygens (including phenoxy) is 2. The average Bonchev–Trinajstić information content (AvgIpc) is 2.39. The van der Waals surface area contributed by atoms with Crippen molar-refractivity contribution in [3.63, 3.8) is 0 Å². The van der Waals surface area contributed by atoms with E-state index in [1.165, 1.54) is 0 Å². The highest BCUT2D eigenvalue weighted by Gasteiger charge is 2.16. The molecule has 104 valence electrons. The van der Waals surface area contributed by atoms with Crippen LogP contribution in [0.25, 0.3) is 0 Å².